The van der Waals surface area contributed by atoms with Crippen LogP contribution < -0.4 is 0 Å². The smallest absolute Gasteiger partial charge is 0.305 e. The summed E-state index contributed by atoms with van der Waals surface area (Å²) in [5.41, 5.74) is 0.912. The zero-order valence-corrected chi connectivity index (χ0v) is 11.8. The standard InChI is InChI=1S/C13H15ClN4O2/c1-2-10(8-13(19)20)18-12(15-16-17-18)7-9-5-3-4-6-11(9)14/h3-6,10H,2,7-8H2,1H3,(H,19,20). The highest BCUT2D eigenvalue weighted by Gasteiger charge is 2.19. The molecule has 0 saturated carbocycles. The fourth-order valence-corrected chi connectivity index (χ4v) is 2.23. The van der Waals surface area contributed by atoms with Gasteiger partial charge in [0.2, 0.25) is 0 Å². The van der Waals surface area contributed by atoms with Crippen LogP contribution in [0.4, 0.5) is 0 Å². The minimum absolute atomic E-state index is 0.00291. The minimum Gasteiger partial charge on any atom is -0.481 e. The van der Waals surface area contributed by atoms with Crippen LogP contribution in [-0.4, -0.2) is 31.3 Å². The summed E-state index contributed by atoms with van der Waals surface area (Å²) >= 11 is 6.12. The summed E-state index contributed by atoms with van der Waals surface area (Å²) in [5, 5.41) is 21.1. The Kier molecular flexibility index (Phi) is 4.68. The number of tetrazole rings is 1. The van der Waals surface area contributed by atoms with Crippen LogP contribution in [0, 0.1) is 0 Å². The highest BCUT2D eigenvalue weighted by atomic mass is 35.5. The van der Waals surface area contributed by atoms with Crippen LogP contribution in [0.5, 0.6) is 0 Å². The van der Waals surface area contributed by atoms with E-state index in [0.29, 0.717) is 23.7 Å². The molecule has 6 nitrogen and oxygen atoms in total. The van der Waals surface area contributed by atoms with E-state index in [-0.39, 0.29) is 12.5 Å². The Morgan fingerprint density at radius 3 is 2.85 bits per heavy atom. The quantitative estimate of drug-likeness (QED) is 0.884. The normalized spacial score (nSPS) is 12.3. The second-order valence-electron chi connectivity index (χ2n) is 4.47. The predicted molar refractivity (Wildman–Crippen MR) is 73.7 cm³/mol. The Morgan fingerprint density at radius 2 is 2.20 bits per heavy atom. The van der Waals surface area contributed by atoms with Crippen molar-refractivity contribution in [2.24, 2.45) is 0 Å². The maximum atomic E-state index is 10.9. The Bertz CT molecular complexity index is 600. The van der Waals surface area contributed by atoms with E-state index in [1.54, 1.807) is 10.7 Å². The highest BCUT2D eigenvalue weighted by molar-refractivity contribution is 6.31. The molecular formula is C13H15ClN4O2. The first kappa shape index (κ1) is 14.5. The van der Waals surface area contributed by atoms with Crippen LogP contribution in [0.15, 0.2) is 24.3 Å². The molecule has 0 fully saturated rings. The fourth-order valence-electron chi connectivity index (χ4n) is 2.03. The van der Waals surface area contributed by atoms with Gasteiger partial charge in [-0.3, -0.25) is 4.79 Å². The Hall–Kier alpha value is -1.95. The molecule has 2 aromatic rings. The summed E-state index contributed by atoms with van der Waals surface area (Å²) in [4.78, 5) is 10.9. The fraction of sp³-hybridized carbons (Fsp3) is 0.385. The molecule has 7 heteroatoms. The molecule has 0 bridgehead atoms. The van der Waals surface area contributed by atoms with E-state index in [1.165, 1.54) is 0 Å². The number of carbonyl (C=O) groups is 1. The van der Waals surface area contributed by atoms with Gasteiger partial charge in [-0.2, -0.15) is 0 Å². The molecule has 1 aromatic carbocycles. The lowest BCUT2D eigenvalue weighted by atomic mass is 10.1. The second-order valence-corrected chi connectivity index (χ2v) is 4.88. The van der Waals surface area contributed by atoms with Crippen molar-refractivity contribution in [3.05, 3.63) is 40.7 Å². The molecule has 0 aliphatic heterocycles. The van der Waals surface area contributed by atoms with E-state index >= 15 is 0 Å². The number of halogens is 1. The van der Waals surface area contributed by atoms with Gasteiger partial charge in [0.25, 0.3) is 0 Å². The van der Waals surface area contributed by atoms with E-state index < -0.39 is 5.97 Å². The third-order valence-corrected chi connectivity index (χ3v) is 3.46. The average molecular weight is 295 g/mol. The Morgan fingerprint density at radius 1 is 1.45 bits per heavy atom. The van der Waals surface area contributed by atoms with Gasteiger partial charge < -0.3 is 5.11 Å². The number of hydrogen-bond acceptors (Lipinski definition) is 4. The topological polar surface area (TPSA) is 80.9 Å². The van der Waals surface area contributed by atoms with Gasteiger partial charge in [-0.25, -0.2) is 4.68 Å². The number of aromatic nitrogens is 4. The Labute approximate surface area is 121 Å². The first-order valence-electron chi connectivity index (χ1n) is 6.33. The molecular weight excluding hydrogens is 280 g/mol. The molecule has 1 N–H and O–H groups in total. The minimum atomic E-state index is -0.865. The first-order chi connectivity index (χ1) is 9.61. The third-order valence-electron chi connectivity index (χ3n) is 3.09. The van der Waals surface area contributed by atoms with Crippen LogP contribution in [0.1, 0.15) is 37.2 Å². The maximum Gasteiger partial charge on any atom is 0.305 e. The number of nitrogens with zero attached hydrogens (tertiary/aromatic N) is 4. The van der Waals surface area contributed by atoms with E-state index in [1.807, 2.05) is 25.1 Å². The molecule has 1 aromatic heterocycles. The van der Waals surface area contributed by atoms with Crippen molar-refractivity contribution in [3.63, 3.8) is 0 Å². The van der Waals surface area contributed by atoms with Gasteiger partial charge >= 0.3 is 5.97 Å². The van der Waals surface area contributed by atoms with Crippen LogP contribution in [0.25, 0.3) is 0 Å². The molecule has 20 heavy (non-hydrogen) atoms. The molecule has 106 valence electrons. The molecule has 0 amide bonds. The number of aliphatic carboxylic acids is 1. The van der Waals surface area contributed by atoms with Gasteiger partial charge in [-0.15, -0.1) is 5.10 Å². The number of carboxylic acids is 1. The van der Waals surface area contributed by atoms with Gasteiger partial charge in [0.05, 0.1) is 12.5 Å². The number of benzene rings is 1. The molecule has 0 spiro atoms. The van der Waals surface area contributed by atoms with Crippen molar-refractivity contribution >= 4 is 17.6 Å². The number of carboxylic acid groups (broad SMARTS) is 1. The lowest BCUT2D eigenvalue weighted by Gasteiger charge is -2.14. The molecule has 0 aliphatic carbocycles. The second kappa shape index (κ2) is 6.47. The van der Waals surface area contributed by atoms with Crippen molar-refractivity contribution in [1.29, 1.82) is 0 Å². The lowest BCUT2D eigenvalue weighted by Crippen LogP contribution is -2.17. The molecule has 0 radical (unpaired) electrons. The summed E-state index contributed by atoms with van der Waals surface area (Å²) in [6.07, 6.45) is 1.12. The van der Waals surface area contributed by atoms with E-state index in [2.05, 4.69) is 15.5 Å². The van der Waals surface area contributed by atoms with Crippen molar-refractivity contribution in [2.75, 3.05) is 0 Å². The van der Waals surface area contributed by atoms with Gasteiger partial charge in [0.15, 0.2) is 5.82 Å². The molecule has 1 atom stereocenters. The zero-order chi connectivity index (χ0) is 14.5. The summed E-state index contributed by atoms with van der Waals surface area (Å²) in [6, 6.07) is 7.21. The molecule has 2 rings (SSSR count). The molecule has 1 heterocycles. The molecule has 0 saturated heterocycles. The van der Waals surface area contributed by atoms with E-state index in [9.17, 15) is 4.79 Å². The highest BCUT2D eigenvalue weighted by Crippen LogP contribution is 2.21. The van der Waals surface area contributed by atoms with Gasteiger partial charge in [-0.05, 0) is 28.5 Å². The van der Waals surface area contributed by atoms with Crippen LogP contribution in [0.2, 0.25) is 5.02 Å². The van der Waals surface area contributed by atoms with Crippen LogP contribution in [-0.2, 0) is 11.2 Å². The van der Waals surface area contributed by atoms with Crippen LogP contribution >= 0.6 is 11.6 Å². The summed E-state index contributed by atoms with van der Waals surface area (Å²) in [5.74, 6) is -0.248. The van der Waals surface area contributed by atoms with E-state index in [4.69, 9.17) is 16.7 Å². The van der Waals surface area contributed by atoms with E-state index in [0.717, 1.165) is 5.56 Å². The Balaban J connectivity index is 2.24. The van der Waals surface area contributed by atoms with Gasteiger partial charge in [0.1, 0.15) is 0 Å². The predicted octanol–water partition coefficient (Wildman–Crippen LogP) is 2.34. The van der Waals surface area contributed by atoms with Crippen LogP contribution in [0.3, 0.4) is 0 Å². The maximum absolute atomic E-state index is 10.9. The summed E-state index contributed by atoms with van der Waals surface area (Å²) < 4.78 is 1.58. The monoisotopic (exact) mass is 294 g/mol. The van der Waals surface area contributed by atoms with Gasteiger partial charge in [0, 0.05) is 11.4 Å². The number of rotatable bonds is 6. The van der Waals surface area contributed by atoms with Crippen molar-refractivity contribution in [1.82, 2.24) is 20.2 Å². The number of hydrogen-bond donors (Lipinski definition) is 1. The third kappa shape index (κ3) is 3.33. The summed E-state index contributed by atoms with van der Waals surface area (Å²) in [6.45, 7) is 1.91. The van der Waals surface area contributed by atoms with Crippen molar-refractivity contribution in [3.8, 4) is 0 Å². The summed E-state index contributed by atoms with van der Waals surface area (Å²) in [7, 11) is 0. The molecule has 0 aliphatic rings. The average Bonchev–Trinajstić information content (AvgIpc) is 2.86. The van der Waals surface area contributed by atoms with Crippen molar-refractivity contribution < 1.29 is 9.90 Å². The zero-order valence-electron chi connectivity index (χ0n) is 11.0. The largest absolute Gasteiger partial charge is 0.481 e. The first-order valence-corrected chi connectivity index (χ1v) is 6.71. The van der Waals surface area contributed by atoms with Crippen molar-refractivity contribution in [2.45, 2.75) is 32.2 Å². The SMILES string of the molecule is CCC(CC(=O)O)n1nnnc1Cc1ccccc1Cl. The van der Waals surface area contributed by atoms with Gasteiger partial charge in [-0.1, -0.05) is 36.7 Å². The molecule has 1 unspecified atom stereocenters. The lowest BCUT2D eigenvalue weighted by molar-refractivity contribution is -0.138.